The fourth-order valence-electron chi connectivity index (χ4n) is 1.66. The van der Waals surface area contributed by atoms with Crippen LogP contribution in [0.2, 0.25) is 0 Å². The summed E-state index contributed by atoms with van der Waals surface area (Å²) in [6.07, 6.45) is 1.44. The molecule has 0 radical (unpaired) electrons. The van der Waals surface area contributed by atoms with E-state index in [1.165, 1.54) is 22.9 Å². The number of hydrogen-bond acceptors (Lipinski definition) is 3. The van der Waals surface area contributed by atoms with Gasteiger partial charge in [-0.15, -0.1) is 0 Å². The summed E-state index contributed by atoms with van der Waals surface area (Å²) in [5, 5.41) is 11.1. The van der Waals surface area contributed by atoms with Crippen LogP contribution in [0.3, 0.4) is 0 Å². The third-order valence-electron chi connectivity index (χ3n) is 2.82. The number of aryl methyl sites for hydroxylation is 1. The number of nitrogens with one attached hydrogen (secondary N) is 1. The molecule has 0 fully saturated rings. The smallest absolute Gasteiger partial charge is 0.338 e. The van der Waals surface area contributed by atoms with Gasteiger partial charge in [-0.1, -0.05) is 0 Å². The molecule has 2 aromatic rings. The Hall–Kier alpha value is -2.96. The zero-order valence-electron chi connectivity index (χ0n) is 11.0. The summed E-state index contributed by atoms with van der Waals surface area (Å²) in [6.45, 7) is 0. The van der Waals surface area contributed by atoms with E-state index in [0.29, 0.717) is 0 Å². The molecule has 2 N–H and O–H groups in total. The van der Waals surface area contributed by atoms with Crippen molar-refractivity contribution in [1.82, 2.24) is 4.57 Å². The van der Waals surface area contributed by atoms with Gasteiger partial charge in [-0.05, 0) is 24.3 Å². The molecule has 2 rings (SSSR count). The lowest BCUT2D eigenvalue weighted by Crippen LogP contribution is -2.20. The molecule has 0 aliphatic heterocycles. The number of carboxylic acid groups (broad SMARTS) is 1. The molecule has 6 nitrogen and oxygen atoms in total. The zero-order chi connectivity index (χ0) is 15.6. The summed E-state index contributed by atoms with van der Waals surface area (Å²) in [5.74, 6) is -2.93. The van der Waals surface area contributed by atoms with Crippen LogP contribution in [0.1, 0.15) is 20.7 Å². The van der Waals surface area contributed by atoms with E-state index in [-0.39, 0.29) is 16.8 Å². The number of rotatable bonds is 3. The van der Waals surface area contributed by atoms with E-state index >= 15 is 0 Å². The lowest BCUT2D eigenvalue weighted by atomic mass is 10.2. The summed E-state index contributed by atoms with van der Waals surface area (Å²) in [4.78, 5) is 34.0. The highest BCUT2D eigenvalue weighted by molar-refractivity contribution is 6.04. The second-order valence-electron chi connectivity index (χ2n) is 4.32. The first-order valence-corrected chi connectivity index (χ1v) is 5.89. The van der Waals surface area contributed by atoms with Crippen molar-refractivity contribution in [1.29, 1.82) is 0 Å². The molecule has 0 saturated carbocycles. The molecule has 1 amide bonds. The van der Waals surface area contributed by atoms with E-state index in [4.69, 9.17) is 5.11 Å². The molecule has 1 aromatic carbocycles. The predicted molar refractivity (Wildman–Crippen MR) is 73.0 cm³/mol. The number of amides is 1. The number of aromatic nitrogens is 1. The SMILES string of the molecule is Cn1ccc(C(=O)Nc2ccc(C(=O)O)c(F)c2)cc1=O. The third-order valence-corrected chi connectivity index (χ3v) is 2.82. The quantitative estimate of drug-likeness (QED) is 0.896. The zero-order valence-corrected chi connectivity index (χ0v) is 11.0. The number of hydrogen-bond donors (Lipinski definition) is 2. The van der Waals surface area contributed by atoms with Gasteiger partial charge in [0.15, 0.2) is 0 Å². The van der Waals surface area contributed by atoms with Gasteiger partial charge in [-0.25, -0.2) is 9.18 Å². The highest BCUT2D eigenvalue weighted by atomic mass is 19.1. The van der Waals surface area contributed by atoms with Crippen molar-refractivity contribution in [3.05, 3.63) is 63.8 Å². The molecular weight excluding hydrogens is 279 g/mol. The van der Waals surface area contributed by atoms with Gasteiger partial charge in [0.25, 0.3) is 11.5 Å². The first kappa shape index (κ1) is 14.4. The van der Waals surface area contributed by atoms with Gasteiger partial charge < -0.3 is 15.0 Å². The highest BCUT2D eigenvalue weighted by Crippen LogP contribution is 2.15. The van der Waals surface area contributed by atoms with Crippen molar-refractivity contribution in [2.75, 3.05) is 5.32 Å². The lowest BCUT2D eigenvalue weighted by molar-refractivity contribution is 0.0692. The fourth-order valence-corrected chi connectivity index (χ4v) is 1.66. The van der Waals surface area contributed by atoms with Crippen molar-refractivity contribution in [2.24, 2.45) is 7.05 Å². The molecule has 1 aromatic heterocycles. The second-order valence-corrected chi connectivity index (χ2v) is 4.32. The van der Waals surface area contributed by atoms with Gasteiger partial charge in [0.05, 0.1) is 5.56 Å². The molecule has 1 heterocycles. The average molecular weight is 290 g/mol. The van der Waals surface area contributed by atoms with Gasteiger partial charge >= 0.3 is 5.97 Å². The second kappa shape index (κ2) is 5.58. The van der Waals surface area contributed by atoms with Crippen LogP contribution in [-0.4, -0.2) is 21.6 Å². The van der Waals surface area contributed by atoms with Crippen molar-refractivity contribution in [3.63, 3.8) is 0 Å². The maximum Gasteiger partial charge on any atom is 0.338 e. The maximum atomic E-state index is 13.5. The van der Waals surface area contributed by atoms with Gasteiger partial charge in [0.2, 0.25) is 0 Å². The van der Waals surface area contributed by atoms with Crippen molar-refractivity contribution in [2.45, 2.75) is 0 Å². The van der Waals surface area contributed by atoms with Crippen LogP contribution in [0.15, 0.2) is 41.3 Å². The Balaban J connectivity index is 2.23. The summed E-state index contributed by atoms with van der Waals surface area (Å²) in [6, 6.07) is 5.82. The average Bonchev–Trinajstić information content (AvgIpc) is 2.41. The minimum absolute atomic E-state index is 0.100. The van der Waals surface area contributed by atoms with Crippen LogP contribution in [-0.2, 0) is 7.05 Å². The molecule has 0 aliphatic carbocycles. The van der Waals surface area contributed by atoms with Crippen LogP contribution >= 0.6 is 0 Å². The summed E-state index contributed by atoms with van der Waals surface area (Å²) < 4.78 is 14.8. The summed E-state index contributed by atoms with van der Waals surface area (Å²) >= 11 is 0. The summed E-state index contributed by atoms with van der Waals surface area (Å²) in [7, 11) is 1.55. The van der Waals surface area contributed by atoms with Crippen LogP contribution < -0.4 is 10.9 Å². The molecule has 0 saturated heterocycles. The standard InChI is InChI=1S/C14H11FN2O4/c1-17-5-4-8(6-12(17)18)13(19)16-9-2-3-10(14(20)21)11(15)7-9/h2-7H,1H3,(H,16,19)(H,20,21). The molecule has 0 atom stereocenters. The molecule has 0 unspecified atom stereocenters. The number of carbonyl (C=O) groups is 2. The number of aromatic carboxylic acids is 1. The first-order chi connectivity index (χ1) is 9.88. The van der Waals surface area contributed by atoms with Crippen LogP contribution in [0.5, 0.6) is 0 Å². The number of carboxylic acids is 1. The number of anilines is 1. The van der Waals surface area contributed by atoms with E-state index in [9.17, 15) is 18.8 Å². The number of nitrogens with zero attached hydrogens (tertiary/aromatic N) is 1. The normalized spacial score (nSPS) is 10.2. The van der Waals surface area contributed by atoms with Crippen LogP contribution in [0.4, 0.5) is 10.1 Å². The van der Waals surface area contributed by atoms with Gasteiger partial charge in [-0.3, -0.25) is 9.59 Å². The number of halogens is 1. The van der Waals surface area contributed by atoms with E-state index < -0.39 is 23.3 Å². The topological polar surface area (TPSA) is 88.4 Å². The number of pyridine rings is 1. The maximum absolute atomic E-state index is 13.5. The molecule has 21 heavy (non-hydrogen) atoms. The Morgan fingerprint density at radius 2 is 1.95 bits per heavy atom. The Morgan fingerprint density at radius 1 is 1.24 bits per heavy atom. The molecule has 0 spiro atoms. The van der Waals surface area contributed by atoms with Crippen molar-refractivity contribution in [3.8, 4) is 0 Å². The van der Waals surface area contributed by atoms with Crippen molar-refractivity contribution < 1.29 is 19.1 Å². The number of carbonyl (C=O) groups excluding carboxylic acids is 1. The van der Waals surface area contributed by atoms with E-state index in [0.717, 1.165) is 18.2 Å². The van der Waals surface area contributed by atoms with E-state index in [1.807, 2.05) is 0 Å². The van der Waals surface area contributed by atoms with Crippen LogP contribution in [0, 0.1) is 5.82 Å². The van der Waals surface area contributed by atoms with Gasteiger partial charge in [0, 0.05) is 30.6 Å². The van der Waals surface area contributed by atoms with Gasteiger partial charge in [0.1, 0.15) is 5.82 Å². The molecule has 0 bridgehead atoms. The molecule has 0 aliphatic rings. The van der Waals surface area contributed by atoms with E-state index in [1.54, 1.807) is 7.05 Å². The fraction of sp³-hybridized carbons (Fsp3) is 0.0714. The third kappa shape index (κ3) is 3.14. The Labute approximate surface area is 118 Å². The number of benzene rings is 1. The van der Waals surface area contributed by atoms with Crippen LogP contribution in [0.25, 0.3) is 0 Å². The first-order valence-electron chi connectivity index (χ1n) is 5.89. The molecular formula is C14H11FN2O4. The molecule has 7 heteroatoms. The predicted octanol–water partition coefficient (Wildman–Crippen LogP) is 1.47. The Bertz CT molecular complexity index is 783. The monoisotopic (exact) mass is 290 g/mol. The highest BCUT2D eigenvalue weighted by Gasteiger charge is 2.12. The largest absolute Gasteiger partial charge is 0.478 e. The lowest BCUT2D eigenvalue weighted by Gasteiger charge is -2.07. The summed E-state index contributed by atoms with van der Waals surface area (Å²) in [5.41, 5.74) is -0.611. The Morgan fingerprint density at radius 3 is 2.52 bits per heavy atom. The molecule has 108 valence electrons. The minimum atomic E-state index is -1.39. The van der Waals surface area contributed by atoms with Gasteiger partial charge in [-0.2, -0.15) is 0 Å². The van der Waals surface area contributed by atoms with Crippen molar-refractivity contribution >= 4 is 17.6 Å². The van der Waals surface area contributed by atoms with E-state index in [2.05, 4.69) is 5.32 Å². The Kier molecular flexibility index (Phi) is 3.84. The minimum Gasteiger partial charge on any atom is -0.478 e.